The van der Waals surface area contributed by atoms with E-state index in [0.29, 0.717) is 23.9 Å². The molecule has 0 rings (SSSR count). The number of carbonyl (C=O) groups excluding carboxylic acids is 2. The van der Waals surface area contributed by atoms with Crippen LogP contribution in [-0.4, -0.2) is 70.0 Å². The molecule has 58 heavy (non-hydrogen) atoms. The van der Waals surface area contributed by atoms with Crippen LogP contribution in [-0.2, 0) is 32.7 Å². The van der Waals surface area contributed by atoms with Crippen molar-refractivity contribution >= 4 is 19.8 Å². The zero-order chi connectivity index (χ0) is 42.8. The van der Waals surface area contributed by atoms with Crippen molar-refractivity contribution in [2.75, 3.05) is 47.5 Å². The van der Waals surface area contributed by atoms with Gasteiger partial charge >= 0.3 is 11.9 Å². The highest BCUT2D eigenvalue weighted by Crippen LogP contribution is 2.38. The van der Waals surface area contributed by atoms with Gasteiger partial charge in [-0.2, -0.15) is 0 Å². The van der Waals surface area contributed by atoms with Gasteiger partial charge in [0.05, 0.1) is 27.7 Å². The van der Waals surface area contributed by atoms with Crippen LogP contribution in [0.3, 0.4) is 0 Å². The summed E-state index contributed by atoms with van der Waals surface area (Å²) in [4.78, 5) is 37.5. The molecule has 0 saturated heterocycles. The minimum absolute atomic E-state index is 0.0482. The van der Waals surface area contributed by atoms with Crippen molar-refractivity contribution in [2.24, 2.45) is 0 Å². The molecule has 10 heteroatoms. The molecule has 0 heterocycles. The van der Waals surface area contributed by atoms with E-state index >= 15 is 0 Å². The van der Waals surface area contributed by atoms with Crippen molar-refractivity contribution in [3.05, 3.63) is 97.2 Å². The Balaban J connectivity index is 4.47. The van der Waals surface area contributed by atoms with Crippen LogP contribution in [0.25, 0.3) is 0 Å². The molecule has 0 N–H and O–H groups in total. The second kappa shape index (κ2) is 39.4. The van der Waals surface area contributed by atoms with Crippen molar-refractivity contribution in [3.8, 4) is 0 Å². The lowest BCUT2D eigenvalue weighted by molar-refractivity contribution is -0.870. The quantitative estimate of drug-likeness (QED) is 0.0151. The number of allylic oxidation sites excluding steroid dienone is 16. The minimum atomic E-state index is -4.65. The Labute approximate surface area is 353 Å². The molecule has 0 aliphatic heterocycles. The maximum absolute atomic E-state index is 12.6. The molecule has 0 saturated carbocycles. The summed E-state index contributed by atoms with van der Waals surface area (Å²) >= 11 is 0. The van der Waals surface area contributed by atoms with Gasteiger partial charge in [0.25, 0.3) is 7.82 Å². The predicted molar refractivity (Wildman–Crippen MR) is 240 cm³/mol. The Bertz CT molecular complexity index is 1300. The third-order valence-corrected chi connectivity index (χ3v) is 9.61. The SMILES string of the molecule is CC/C=C/C=C/C=C/CCCCCCCC(=O)OC(COC(=O)CCCC/C=C/C/C=C/C/C=C/C/C=C/C/C=C/CCCCC)COP(=O)([O-])OCC[N+](C)(C)C. The lowest BCUT2D eigenvalue weighted by Gasteiger charge is -2.28. The molecule has 9 nitrogen and oxygen atoms in total. The van der Waals surface area contributed by atoms with Gasteiger partial charge in [-0.25, -0.2) is 0 Å². The smallest absolute Gasteiger partial charge is 0.306 e. The number of phosphoric acid groups is 1. The normalized spacial score (nSPS) is 14.5. The second-order valence-corrected chi connectivity index (χ2v) is 16.8. The fourth-order valence-corrected chi connectivity index (χ4v) is 5.93. The number of ether oxygens (including phenoxy) is 2. The first-order valence-corrected chi connectivity index (χ1v) is 23.4. The summed E-state index contributed by atoms with van der Waals surface area (Å²) in [5.41, 5.74) is 0. The maximum Gasteiger partial charge on any atom is 0.306 e. The van der Waals surface area contributed by atoms with Crippen LogP contribution in [0.2, 0.25) is 0 Å². The molecular formula is C48H80NO8P. The first-order valence-electron chi connectivity index (χ1n) is 22.0. The monoisotopic (exact) mass is 830 g/mol. The maximum atomic E-state index is 12.6. The molecule has 0 aliphatic carbocycles. The fourth-order valence-electron chi connectivity index (χ4n) is 5.20. The highest BCUT2D eigenvalue weighted by Gasteiger charge is 2.21. The zero-order valence-electron chi connectivity index (χ0n) is 36.9. The van der Waals surface area contributed by atoms with Gasteiger partial charge in [-0.15, -0.1) is 0 Å². The number of quaternary nitrogens is 1. The summed E-state index contributed by atoms with van der Waals surface area (Å²) < 4.78 is 33.8. The Kier molecular flexibility index (Phi) is 37.3. The molecule has 0 aromatic heterocycles. The van der Waals surface area contributed by atoms with Gasteiger partial charge in [0, 0.05) is 12.8 Å². The van der Waals surface area contributed by atoms with Gasteiger partial charge in [0.15, 0.2) is 6.10 Å². The molecule has 0 fully saturated rings. The van der Waals surface area contributed by atoms with Crippen LogP contribution in [0, 0.1) is 0 Å². The minimum Gasteiger partial charge on any atom is -0.756 e. The largest absolute Gasteiger partial charge is 0.756 e. The standard InChI is InChI=1S/C48H80NO8P/c1-6-8-10-12-14-16-18-20-21-22-23-24-25-26-27-29-30-32-34-36-38-40-47(50)54-44-46(45-56-58(52,53)55-43-42-49(3,4)5)57-48(51)41-39-37-35-33-31-28-19-17-15-13-11-9-7-2/h9,11,13-17,19-21,23-24,26-27,30,32,46H,6-8,10,12,18,22,25,28-29,31,33-45H2,1-5H3/b11-9+,15-13+,16-14+,19-17+,21-20+,24-23+,27-26+,32-30+. The molecule has 0 aromatic carbocycles. The van der Waals surface area contributed by atoms with Crippen molar-refractivity contribution in [3.63, 3.8) is 0 Å². The van der Waals surface area contributed by atoms with Crippen LogP contribution in [0.15, 0.2) is 97.2 Å². The van der Waals surface area contributed by atoms with Crippen LogP contribution >= 0.6 is 7.82 Å². The van der Waals surface area contributed by atoms with E-state index in [1.54, 1.807) is 0 Å². The molecule has 0 amide bonds. The van der Waals surface area contributed by atoms with E-state index < -0.39 is 32.5 Å². The molecule has 0 spiro atoms. The summed E-state index contributed by atoms with van der Waals surface area (Å²) in [7, 11) is 1.11. The average Bonchev–Trinajstić information content (AvgIpc) is 3.17. The molecule has 330 valence electrons. The van der Waals surface area contributed by atoms with Crippen LogP contribution < -0.4 is 4.89 Å². The number of phosphoric ester groups is 1. The molecule has 2 unspecified atom stereocenters. The number of hydrogen-bond donors (Lipinski definition) is 0. The summed E-state index contributed by atoms with van der Waals surface area (Å²) in [5, 5.41) is 0. The second-order valence-electron chi connectivity index (χ2n) is 15.4. The van der Waals surface area contributed by atoms with Gasteiger partial charge in [0.1, 0.15) is 19.8 Å². The summed E-state index contributed by atoms with van der Waals surface area (Å²) in [6.07, 6.45) is 51.5. The number of carbonyl (C=O) groups is 2. The number of esters is 2. The number of likely N-dealkylation sites (N-methyl/N-ethyl adjacent to an activating group) is 1. The van der Waals surface area contributed by atoms with E-state index in [9.17, 15) is 19.0 Å². The van der Waals surface area contributed by atoms with Gasteiger partial charge in [0.2, 0.25) is 0 Å². The first-order chi connectivity index (χ1) is 28.0. The first kappa shape index (κ1) is 54.9. The van der Waals surface area contributed by atoms with E-state index in [1.165, 1.54) is 25.7 Å². The fraction of sp³-hybridized carbons (Fsp3) is 0.625. The van der Waals surface area contributed by atoms with Crippen molar-refractivity contribution < 1.29 is 42.1 Å². The Morgan fingerprint density at radius 1 is 0.569 bits per heavy atom. The van der Waals surface area contributed by atoms with E-state index in [0.717, 1.165) is 77.0 Å². The Hall–Kier alpha value is -3.07. The van der Waals surface area contributed by atoms with Crippen LogP contribution in [0.1, 0.15) is 142 Å². The predicted octanol–water partition coefficient (Wildman–Crippen LogP) is 11.9. The third kappa shape index (κ3) is 42.5. The number of nitrogens with zero attached hydrogens (tertiary/aromatic N) is 1. The number of unbranched alkanes of at least 4 members (excludes halogenated alkanes) is 10. The lowest BCUT2D eigenvalue weighted by Crippen LogP contribution is -2.37. The lowest BCUT2D eigenvalue weighted by atomic mass is 10.1. The van der Waals surface area contributed by atoms with E-state index in [4.69, 9.17) is 18.5 Å². The van der Waals surface area contributed by atoms with Gasteiger partial charge < -0.3 is 27.9 Å². The van der Waals surface area contributed by atoms with Gasteiger partial charge in [-0.3, -0.25) is 14.2 Å². The molecule has 2 atom stereocenters. The Morgan fingerprint density at radius 2 is 1.05 bits per heavy atom. The van der Waals surface area contributed by atoms with Crippen molar-refractivity contribution in [1.82, 2.24) is 0 Å². The molecule has 0 aromatic rings. The molecule has 0 aliphatic rings. The van der Waals surface area contributed by atoms with Gasteiger partial charge in [-0.1, -0.05) is 143 Å². The van der Waals surface area contributed by atoms with Crippen molar-refractivity contribution in [1.29, 1.82) is 0 Å². The number of rotatable bonds is 38. The Morgan fingerprint density at radius 3 is 1.64 bits per heavy atom. The summed E-state index contributed by atoms with van der Waals surface area (Å²) in [6.45, 7) is 3.95. The molecule has 0 radical (unpaired) electrons. The van der Waals surface area contributed by atoms with Crippen LogP contribution in [0.4, 0.5) is 0 Å². The highest BCUT2D eigenvalue weighted by atomic mass is 31.2. The average molecular weight is 830 g/mol. The van der Waals surface area contributed by atoms with E-state index in [-0.39, 0.29) is 26.1 Å². The van der Waals surface area contributed by atoms with Crippen LogP contribution in [0.5, 0.6) is 0 Å². The number of hydrogen-bond acceptors (Lipinski definition) is 8. The van der Waals surface area contributed by atoms with E-state index in [2.05, 4.69) is 92.8 Å². The third-order valence-electron chi connectivity index (χ3n) is 8.65. The zero-order valence-corrected chi connectivity index (χ0v) is 37.8. The summed E-state index contributed by atoms with van der Waals surface area (Å²) in [6, 6.07) is 0. The molecule has 0 bridgehead atoms. The highest BCUT2D eigenvalue weighted by molar-refractivity contribution is 7.45. The topological polar surface area (TPSA) is 111 Å². The van der Waals surface area contributed by atoms with E-state index in [1.807, 2.05) is 39.4 Å². The molecular weight excluding hydrogens is 750 g/mol. The summed E-state index contributed by atoms with van der Waals surface area (Å²) in [5.74, 6) is -0.920. The van der Waals surface area contributed by atoms with Crippen molar-refractivity contribution in [2.45, 2.75) is 148 Å². The van der Waals surface area contributed by atoms with Gasteiger partial charge in [-0.05, 0) is 83.5 Å².